The molecule has 0 unspecified atom stereocenters. The lowest BCUT2D eigenvalue weighted by atomic mass is 9.86. The standard InChI is InChI=1S/C5H8Cl/c1-5(6)3-2-4-5/h2H,3-4H2,1H3. The molecule has 1 saturated carbocycles. The topological polar surface area (TPSA) is 0 Å². The Morgan fingerprint density at radius 2 is 2.00 bits per heavy atom. The number of rotatable bonds is 0. The van der Waals surface area contributed by atoms with Crippen LogP contribution in [0, 0.1) is 6.42 Å². The van der Waals surface area contributed by atoms with Crippen LogP contribution in [0.1, 0.15) is 19.8 Å². The van der Waals surface area contributed by atoms with E-state index in [-0.39, 0.29) is 4.87 Å². The van der Waals surface area contributed by atoms with Gasteiger partial charge in [-0.2, -0.15) is 0 Å². The summed E-state index contributed by atoms with van der Waals surface area (Å²) in [5, 5.41) is 0. The van der Waals surface area contributed by atoms with E-state index in [0.717, 1.165) is 12.8 Å². The molecule has 35 valence electrons. The van der Waals surface area contributed by atoms with Crippen LogP contribution in [0.15, 0.2) is 0 Å². The minimum absolute atomic E-state index is 0.139. The Morgan fingerprint density at radius 3 is 2.00 bits per heavy atom. The zero-order chi connectivity index (χ0) is 4.62. The Hall–Kier alpha value is 0.290. The summed E-state index contributed by atoms with van der Waals surface area (Å²) in [6, 6.07) is 0. The zero-order valence-corrected chi connectivity index (χ0v) is 4.63. The summed E-state index contributed by atoms with van der Waals surface area (Å²) in [5.74, 6) is 0. The molecular formula is C5H8Cl. The number of hydrogen-bond donors (Lipinski definition) is 0. The highest BCUT2D eigenvalue weighted by Gasteiger charge is 2.28. The van der Waals surface area contributed by atoms with Crippen LogP contribution in [0.3, 0.4) is 0 Å². The van der Waals surface area contributed by atoms with Crippen LogP contribution >= 0.6 is 11.6 Å². The highest BCUT2D eigenvalue weighted by atomic mass is 35.5. The van der Waals surface area contributed by atoms with Crippen molar-refractivity contribution in [2.75, 3.05) is 0 Å². The van der Waals surface area contributed by atoms with Gasteiger partial charge >= 0.3 is 0 Å². The molecule has 0 aromatic carbocycles. The van der Waals surface area contributed by atoms with Crippen LogP contribution in [0.4, 0.5) is 0 Å². The minimum Gasteiger partial charge on any atom is -0.120 e. The normalized spacial score (nSPS) is 29.0. The largest absolute Gasteiger partial charge is 0.120 e. The summed E-state index contributed by atoms with van der Waals surface area (Å²) in [6.07, 6.45) is 4.39. The van der Waals surface area contributed by atoms with Gasteiger partial charge in [-0.05, 0) is 26.2 Å². The predicted molar refractivity (Wildman–Crippen MR) is 27.8 cm³/mol. The maximum Gasteiger partial charge on any atom is 0.0424 e. The van der Waals surface area contributed by atoms with E-state index in [0.29, 0.717) is 0 Å². The van der Waals surface area contributed by atoms with Crippen molar-refractivity contribution < 1.29 is 0 Å². The van der Waals surface area contributed by atoms with Crippen LogP contribution in [-0.4, -0.2) is 4.87 Å². The first-order valence-electron chi connectivity index (χ1n) is 2.21. The molecule has 0 bridgehead atoms. The smallest absolute Gasteiger partial charge is 0.0424 e. The third kappa shape index (κ3) is 0.676. The molecule has 0 spiro atoms. The number of hydrogen-bond acceptors (Lipinski definition) is 0. The molecule has 0 heterocycles. The van der Waals surface area contributed by atoms with Gasteiger partial charge in [0.05, 0.1) is 0 Å². The molecule has 6 heavy (non-hydrogen) atoms. The van der Waals surface area contributed by atoms with E-state index in [2.05, 4.69) is 13.3 Å². The quantitative estimate of drug-likeness (QED) is 0.412. The number of halogens is 1. The predicted octanol–water partition coefficient (Wildman–Crippen LogP) is 1.98. The third-order valence-electron chi connectivity index (χ3n) is 1.14. The molecule has 0 aromatic rings. The lowest BCUT2D eigenvalue weighted by Crippen LogP contribution is -2.25. The molecule has 0 nitrogen and oxygen atoms in total. The Bertz CT molecular complexity index is 51.0. The Morgan fingerprint density at radius 1 is 1.67 bits per heavy atom. The third-order valence-corrected chi connectivity index (χ3v) is 1.45. The molecule has 0 amide bonds. The van der Waals surface area contributed by atoms with Crippen LogP contribution in [0.25, 0.3) is 0 Å². The van der Waals surface area contributed by atoms with Crippen molar-refractivity contribution in [1.82, 2.24) is 0 Å². The van der Waals surface area contributed by atoms with Gasteiger partial charge in [-0.25, -0.2) is 0 Å². The fourth-order valence-corrected chi connectivity index (χ4v) is 0.760. The van der Waals surface area contributed by atoms with E-state index in [1.807, 2.05) is 0 Å². The van der Waals surface area contributed by atoms with E-state index in [4.69, 9.17) is 11.6 Å². The molecule has 0 aliphatic heterocycles. The van der Waals surface area contributed by atoms with Gasteiger partial charge in [0.2, 0.25) is 0 Å². The van der Waals surface area contributed by atoms with Crippen molar-refractivity contribution >= 4 is 11.6 Å². The van der Waals surface area contributed by atoms with Gasteiger partial charge in [0, 0.05) is 4.87 Å². The van der Waals surface area contributed by atoms with E-state index in [1.54, 1.807) is 0 Å². The van der Waals surface area contributed by atoms with E-state index in [9.17, 15) is 0 Å². The highest BCUT2D eigenvalue weighted by Crippen LogP contribution is 2.36. The second-order valence-electron chi connectivity index (χ2n) is 2.11. The van der Waals surface area contributed by atoms with E-state index < -0.39 is 0 Å². The van der Waals surface area contributed by atoms with E-state index in [1.165, 1.54) is 0 Å². The summed E-state index contributed by atoms with van der Waals surface area (Å²) < 4.78 is 0. The maximum absolute atomic E-state index is 5.77. The van der Waals surface area contributed by atoms with Crippen LogP contribution < -0.4 is 0 Å². The first-order chi connectivity index (χ1) is 2.71. The monoisotopic (exact) mass is 103 g/mol. The number of alkyl halides is 1. The molecule has 1 rings (SSSR count). The van der Waals surface area contributed by atoms with Crippen molar-refractivity contribution in [3.8, 4) is 0 Å². The molecule has 0 atom stereocenters. The van der Waals surface area contributed by atoms with Gasteiger partial charge in [-0.3, -0.25) is 0 Å². The minimum atomic E-state index is 0.139. The second kappa shape index (κ2) is 1.13. The molecule has 1 aliphatic rings. The second-order valence-corrected chi connectivity index (χ2v) is 3.02. The first kappa shape index (κ1) is 4.45. The summed E-state index contributed by atoms with van der Waals surface area (Å²) in [4.78, 5) is 0.139. The van der Waals surface area contributed by atoms with Gasteiger partial charge in [0.15, 0.2) is 0 Å². The Labute approximate surface area is 43.5 Å². The first-order valence-corrected chi connectivity index (χ1v) is 2.59. The molecule has 0 saturated heterocycles. The molecule has 1 heteroatoms. The van der Waals surface area contributed by atoms with Gasteiger partial charge in [0.1, 0.15) is 0 Å². The SMILES string of the molecule is CC1(Cl)C[CH]C1. The molecule has 0 aromatic heterocycles. The average molecular weight is 104 g/mol. The van der Waals surface area contributed by atoms with Crippen molar-refractivity contribution in [1.29, 1.82) is 0 Å². The summed E-state index contributed by atoms with van der Waals surface area (Å²) in [6.45, 7) is 2.06. The van der Waals surface area contributed by atoms with Gasteiger partial charge in [0.25, 0.3) is 0 Å². The molecule has 1 fully saturated rings. The fourth-order valence-electron chi connectivity index (χ4n) is 0.542. The molecular weight excluding hydrogens is 95.5 g/mol. The Kier molecular flexibility index (Phi) is 0.836. The molecule has 1 radical (unpaired) electrons. The highest BCUT2D eigenvalue weighted by molar-refractivity contribution is 6.24. The lowest BCUT2D eigenvalue weighted by molar-refractivity contribution is 0.493. The van der Waals surface area contributed by atoms with Crippen LogP contribution in [0.5, 0.6) is 0 Å². The maximum atomic E-state index is 5.77. The summed E-state index contributed by atoms with van der Waals surface area (Å²) in [5.41, 5.74) is 0. The van der Waals surface area contributed by atoms with Gasteiger partial charge in [-0.15, -0.1) is 11.6 Å². The van der Waals surface area contributed by atoms with Crippen molar-refractivity contribution in [2.45, 2.75) is 24.6 Å². The summed E-state index contributed by atoms with van der Waals surface area (Å²) in [7, 11) is 0. The van der Waals surface area contributed by atoms with Gasteiger partial charge < -0.3 is 0 Å². The molecule has 0 N–H and O–H groups in total. The summed E-state index contributed by atoms with van der Waals surface area (Å²) >= 11 is 5.77. The van der Waals surface area contributed by atoms with Crippen molar-refractivity contribution in [3.05, 3.63) is 6.42 Å². The zero-order valence-electron chi connectivity index (χ0n) is 3.87. The van der Waals surface area contributed by atoms with Crippen LogP contribution in [-0.2, 0) is 0 Å². The van der Waals surface area contributed by atoms with Crippen LogP contribution in [0.2, 0.25) is 0 Å². The Balaban J connectivity index is 2.31. The van der Waals surface area contributed by atoms with Crippen molar-refractivity contribution in [3.63, 3.8) is 0 Å². The average Bonchev–Trinajstić information content (AvgIpc) is 1.32. The van der Waals surface area contributed by atoms with Crippen molar-refractivity contribution in [2.24, 2.45) is 0 Å². The fraction of sp³-hybridized carbons (Fsp3) is 0.800. The molecule has 1 aliphatic carbocycles. The lowest BCUT2D eigenvalue weighted by Gasteiger charge is -2.30. The van der Waals surface area contributed by atoms with E-state index >= 15 is 0 Å². The van der Waals surface area contributed by atoms with Gasteiger partial charge in [-0.1, -0.05) is 0 Å².